The fourth-order valence-corrected chi connectivity index (χ4v) is 2.72. The summed E-state index contributed by atoms with van der Waals surface area (Å²) in [5.74, 6) is 0. The molecular formula is C10H14OP. The molecule has 0 amide bonds. The molecule has 0 spiro atoms. The summed E-state index contributed by atoms with van der Waals surface area (Å²) in [7, 11) is -1.57. The van der Waals surface area contributed by atoms with Crippen molar-refractivity contribution < 1.29 is 4.79 Å². The molecule has 0 saturated heterocycles. The maximum absolute atomic E-state index is 10.4. The fourth-order valence-electron chi connectivity index (χ4n) is 1.13. The van der Waals surface area contributed by atoms with Crippen LogP contribution in [0.15, 0.2) is 30.3 Å². The standard InChI is InChI=1S/C10H14OP/c1-12(2,9-8-11)10-6-4-3-5-7-10/h3-9,12H,1-2H3. The fraction of sp³-hybridized carbons (Fsp3) is 0.200. The van der Waals surface area contributed by atoms with Crippen molar-refractivity contribution in [3.63, 3.8) is 0 Å². The average molecular weight is 181 g/mol. The summed E-state index contributed by atoms with van der Waals surface area (Å²) in [4.78, 5) is 10.4. The monoisotopic (exact) mass is 181 g/mol. The van der Waals surface area contributed by atoms with E-state index in [0.29, 0.717) is 0 Å². The van der Waals surface area contributed by atoms with Gasteiger partial charge in [-0.1, -0.05) is 0 Å². The third kappa shape index (κ3) is 2.15. The summed E-state index contributed by atoms with van der Waals surface area (Å²) < 4.78 is 0. The maximum atomic E-state index is 10.4. The number of benzene rings is 1. The van der Waals surface area contributed by atoms with Gasteiger partial charge in [-0.05, 0) is 0 Å². The van der Waals surface area contributed by atoms with E-state index in [-0.39, 0.29) is 0 Å². The Hall–Kier alpha value is -0.680. The van der Waals surface area contributed by atoms with Crippen molar-refractivity contribution in [2.75, 3.05) is 13.3 Å². The molecule has 65 valence electrons. The number of hydrogen-bond donors (Lipinski definition) is 0. The minimum absolute atomic E-state index is 0.916. The Kier molecular flexibility index (Phi) is 2.99. The molecule has 0 aliphatic rings. The molecule has 1 radical (unpaired) electrons. The van der Waals surface area contributed by atoms with Gasteiger partial charge in [-0.15, -0.1) is 0 Å². The second-order valence-electron chi connectivity index (χ2n) is 3.39. The zero-order valence-electron chi connectivity index (χ0n) is 7.45. The molecule has 0 unspecified atom stereocenters. The van der Waals surface area contributed by atoms with Crippen LogP contribution in [0.3, 0.4) is 0 Å². The van der Waals surface area contributed by atoms with Crippen LogP contribution in [-0.4, -0.2) is 19.6 Å². The summed E-state index contributed by atoms with van der Waals surface area (Å²) in [6.45, 7) is 4.33. The van der Waals surface area contributed by atoms with Gasteiger partial charge in [0, 0.05) is 0 Å². The molecule has 1 aromatic carbocycles. The van der Waals surface area contributed by atoms with Gasteiger partial charge in [-0.3, -0.25) is 0 Å². The molecule has 1 nitrogen and oxygen atoms in total. The van der Waals surface area contributed by atoms with Crippen LogP contribution in [-0.2, 0) is 4.79 Å². The zero-order valence-corrected chi connectivity index (χ0v) is 8.45. The Bertz CT molecular complexity index is 254. The Morgan fingerprint density at radius 3 is 2.25 bits per heavy atom. The molecular weight excluding hydrogens is 167 g/mol. The molecule has 0 N–H and O–H groups in total. The van der Waals surface area contributed by atoms with Crippen LogP contribution in [0.4, 0.5) is 0 Å². The number of carbonyl (C=O) groups excluding carboxylic acids is 1. The van der Waals surface area contributed by atoms with Crippen LogP contribution in [0.5, 0.6) is 0 Å². The van der Waals surface area contributed by atoms with Gasteiger partial charge in [0.2, 0.25) is 0 Å². The third-order valence-electron chi connectivity index (χ3n) is 2.00. The molecule has 2 heteroatoms. The minimum atomic E-state index is -1.57. The molecule has 0 bridgehead atoms. The van der Waals surface area contributed by atoms with Gasteiger partial charge < -0.3 is 0 Å². The quantitative estimate of drug-likeness (QED) is 0.512. The van der Waals surface area contributed by atoms with E-state index in [0.717, 1.165) is 6.29 Å². The van der Waals surface area contributed by atoms with Gasteiger partial charge in [-0.25, -0.2) is 0 Å². The van der Waals surface area contributed by atoms with Gasteiger partial charge in [-0.2, -0.15) is 0 Å². The Balaban J connectivity index is 2.89. The van der Waals surface area contributed by atoms with E-state index >= 15 is 0 Å². The van der Waals surface area contributed by atoms with Crippen LogP contribution in [0.25, 0.3) is 0 Å². The first-order valence-corrected chi connectivity index (χ1v) is 7.10. The Morgan fingerprint density at radius 1 is 1.17 bits per heavy atom. The van der Waals surface area contributed by atoms with Gasteiger partial charge in [0.25, 0.3) is 0 Å². The topological polar surface area (TPSA) is 17.1 Å². The Morgan fingerprint density at radius 2 is 1.75 bits per heavy atom. The number of carbonyl (C=O) groups is 1. The molecule has 12 heavy (non-hydrogen) atoms. The van der Waals surface area contributed by atoms with E-state index in [9.17, 15) is 4.79 Å². The zero-order chi connectivity index (χ0) is 9.03. The number of hydrogen-bond acceptors (Lipinski definition) is 1. The van der Waals surface area contributed by atoms with Crippen LogP contribution in [0.1, 0.15) is 0 Å². The number of rotatable bonds is 3. The Labute approximate surface area is 74.1 Å². The predicted octanol–water partition coefficient (Wildman–Crippen LogP) is 1.68. The van der Waals surface area contributed by atoms with Crippen molar-refractivity contribution in [2.45, 2.75) is 0 Å². The van der Waals surface area contributed by atoms with Crippen LogP contribution >= 0.6 is 7.26 Å². The summed E-state index contributed by atoms with van der Waals surface area (Å²) in [6, 6.07) is 10.2. The SMILES string of the molecule is C[PH](C)([CH]C=O)c1ccccc1. The van der Waals surface area contributed by atoms with Gasteiger partial charge >= 0.3 is 73.5 Å². The van der Waals surface area contributed by atoms with E-state index in [2.05, 4.69) is 25.5 Å². The summed E-state index contributed by atoms with van der Waals surface area (Å²) in [6.07, 6.45) is 2.72. The van der Waals surface area contributed by atoms with E-state index < -0.39 is 7.26 Å². The molecule has 0 saturated carbocycles. The summed E-state index contributed by atoms with van der Waals surface area (Å²) in [5, 5.41) is 1.30. The third-order valence-corrected chi connectivity index (χ3v) is 4.79. The van der Waals surface area contributed by atoms with Crippen molar-refractivity contribution in [1.82, 2.24) is 0 Å². The van der Waals surface area contributed by atoms with E-state index in [1.807, 2.05) is 24.4 Å². The molecule has 1 rings (SSSR count). The first-order valence-electron chi connectivity index (χ1n) is 4.02. The van der Waals surface area contributed by atoms with Crippen molar-refractivity contribution in [2.24, 2.45) is 0 Å². The first-order chi connectivity index (χ1) is 5.67. The molecule has 0 aromatic heterocycles. The van der Waals surface area contributed by atoms with Crippen molar-refractivity contribution >= 4 is 18.9 Å². The van der Waals surface area contributed by atoms with Crippen molar-refractivity contribution in [1.29, 1.82) is 0 Å². The second-order valence-corrected chi connectivity index (χ2v) is 7.74. The normalized spacial score (nSPS) is 12.5. The van der Waals surface area contributed by atoms with Gasteiger partial charge in [0.15, 0.2) is 0 Å². The predicted molar refractivity (Wildman–Crippen MR) is 56.6 cm³/mol. The summed E-state index contributed by atoms with van der Waals surface area (Å²) in [5.41, 5.74) is 0. The summed E-state index contributed by atoms with van der Waals surface area (Å²) >= 11 is 0. The van der Waals surface area contributed by atoms with E-state index in [1.54, 1.807) is 0 Å². The van der Waals surface area contributed by atoms with Crippen molar-refractivity contribution in [3.05, 3.63) is 36.5 Å². The van der Waals surface area contributed by atoms with E-state index in [1.165, 1.54) is 5.30 Å². The number of aldehydes is 1. The second kappa shape index (κ2) is 3.82. The van der Waals surface area contributed by atoms with Crippen LogP contribution in [0, 0.1) is 6.16 Å². The molecule has 0 atom stereocenters. The van der Waals surface area contributed by atoms with Gasteiger partial charge in [0.05, 0.1) is 0 Å². The van der Waals surface area contributed by atoms with Crippen molar-refractivity contribution in [3.8, 4) is 0 Å². The average Bonchev–Trinajstić information content (AvgIpc) is 2.06. The van der Waals surface area contributed by atoms with Crippen LogP contribution < -0.4 is 5.30 Å². The molecule has 0 fully saturated rings. The molecule has 0 heterocycles. The molecule has 0 aliphatic heterocycles. The molecule has 0 aliphatic carbocycles. The molecule has 1 aromatic rings. The van der Waals surface area contributed by atoms with Gasteiger partial charge in [0.1, 0.15) is 0 Å². The van der Waals surface area contributed by atoms with E-state index in [4.69, 9.17) is 0 Å². The van der Waals surface area contributed by atoms with Crippen LogP contribution in [0.2, 0.25) is 0 Å². The first kappa shape index (κ1) is 9.41.